The number of rotatable bonds is 4. The van der Waals surface area contributed by atoms with Crippen molar-refractivity contribution in [3.05, 3.63) is 20.8 Å². The number of thiophene rings is 1. The van der Waals surface area contributed by atoms with E-state index < -0.39 is 0 Å². The van der Waals surface area contributed by atoms with Crippen LogP contribution in [0.4, 0.5) is 0 Å². The van der Waals surface area contributed by atoms with Crippen LogP contribution in [0.25, 0.3) is 0 Å². The highest BCUT2D eigenvalue weighted by Crippen LogP contribution is 2.32. The number of halogens is 1. The Balaban J connectivity index is 1.96. The molecule has 0 unspecified atom stereocenters. The third-order valence-electron chi connectivity index (χ3n) is 3.70. The summed E-state index contributed by atoms with van der Waals surface area (Å²) in [5.74, 6) is 0.779. The van der Waals surface area contributed by atoms with Crippen LogP contribution in [0.15, 0.2) is 15.2 Å². The van der Waals surface area contributed by atoms with Crippen LogP contribution < -0.4 is 5.73 Å². The lowest BCUT2D eigenvalue weighted by Gasteiger charge is -2.24. The first-order valence-electron chi connectivity index (χ1n) is 6.29. The van der Waals surface area contributed by atoms with E-state index in [1.807, 2.05) is 11.9 Å². The molecule has 1 amide bonds. The Morgan fingerprint density at radius 3 is 3.00 bits per heavy atom. The summed E-state index contributed by atoms with van der Waals surface area (Å²) in [4.78, 5) is 14.2. The van der Waals surface area contributed by atoms with Gasteiger partial charge >= 0.3 is 0 Å². The summed E-state index contributed by atoms with van der Waals surface area (Å²) >= 11 is 5.10. The standard InChI is InChI=1S/C13H19BrN2OS/c1-16(7-9-5-12(14)18-8-9)13(17)11-4-2-3-10(11)6-15/h5,8,10-11H,2-4,6-7,15H2,1H3/t10-,11-/m1/s1. The minimum Gasteiger partial charge on any atom is -0.341 e. The van der Waals surface area contributed by atoms with Gasteiger partial charge in [-0.3, -0.25) is 4.79 Å². The summed E-state index contributed by atoms with van der Waals surface area (Å²) in [6.07, 6.45) is 3.24. The molecule has 1 aliphatic rings. The van der Waals surface area contributed by atoms with Gasteiger partial charge in [-0.15, -0.1) is 11.3 Å². The Morgan fingerprint density at radius 1 is 1.61 bits per heavy atom. The zero-order chi connectivity index (χ0) is 13.1. The molecule has 1 aliphatic carbocycles. The van der Waals surface area contributed by atoms with Gasteiger partial charge in [0.15, 0.2) is 0 Å². The molecule has 0 bridgehead atoms. The molecule has 1 heterocycles. The number of hydrogen-bond acceptors (Lipinski definition) is 3. The van der Waals surface area contributed by atoms with E-state index in [4.69, 9.17) is 5.73 Å². The number of carbonyl (C=O) groups is 1. The highest BCUT2D eigenvalue weighted by atomic mass is 79.9. The molecule has 3 nitrogen and oxygen atoms in total. The van der Waals surface area contributed by atoms with Crippen molar-refractivity contribution in [1.29, 1.82) is 0 Å². The molecular formula is C13H19BrN2OS. The largest absolute Gasteiger partial charge is 0.341 e. The minimum absolute atomic E-state index is 0.141. The zero-order valence-corrected chi connectivity index (χ0v) is 13.0. The Hall–Kier alpha value is -0.390. The molecule has 0 spiro atoms. The quantitative estimate of drug-likeness (QED) is 0.922. The molecule has 2 atom stereocenters. The first-order valence-corrected chi connectivity index (χ1v) is 7.97. The fraction of sp³-hybridized carbons (Fsp3) is 0.615. The van der Waals surface area contributed by atoms with Gasteiger partial charge in [-0.25, -0.2) is 0 Å². The van der Waals surface area contributed by atoms with Crippen LogP contribution in [0.5, 0.6) is 0 Å². The van der Waals surface area contributed by atoms with Gasteiger partial charge in [0.25, 0.3) is 0 Å². The number of hydrogen-bond donors (Lipinski definition) is 1. The van der Waals surface area contributed by atoms with Gasteiger partial charge in [0.05, 0.1) is 3.79 Å². The maximum atomic E-state index is 12.4. The molecule has 100 valence electrons. The van der Waals surface area contributed by atoms with Crippen molar-refractivity contribution in [2.75, 3.05) is 13.6 Å². The average Bonchev–Trinajstić information content (AvgIpc) is 2.96. The molecule has 5 heteroatoms. The van der Waals surface area contributed by atoms with Crippen LogP contribution in [-0.4, -0.2) is 24.4 Å². The predicted molar refractivity (Wildman–Crippen MR) is 78.4 cm³/mol. The van der Waals surface area contributed by atoms with Crippen molar-refractivity contribution < 1.29 is 4.79 Å². The average molecular weight is 331 g/mol. The normalized spacial score (nSPS) is 23.3. The lowest BCUT2D eigenvalue weighted by Crippen LogP contribution is -2.36. The van der Waals surface area contributed by atoms with Crippen molar-refractivity contribution in [1.82, 2.24) is 4.90 Å². The van der Waals surface area contributed by atoms with E-state index in [2.05, 4.69) is 27.4 Å². The SMILES string of the molecule is CN(Cc1csc(Br)c1)C(=O)[C@@H]1CCC[C@@H]1CN. The first kappa shape index (κ1) is 14.0. The van der Waals surface area contributed by atoms with Gasteiger partial charge in [0.1, 0.15) is 0 Å². The van der Waals surface area contributed by atoms with Crippen LogP contribution >= 0.6 is 27.3 Å². The molecule has 1 aromatic heterocycles. The topological polar surface area (TPSA) is 46.3 Å². The van der Waals surface area contributed by atoms with E-state index in [9.17, 15) is 4.79 Å². The summed E-state index contributed by atoms with van der Waals surface area (Å²) < 4.78 is 1.11. The smallest absolute Gasteiger partial charge is 0.226 e. The Kier molecular flexibility index (Phi) is 4.81. The summed E-state index contributed by atoms with van der Waals surface area (Å²) in [5.41, 5.74) is 6.93. The molecule has 1 saturated carbocycles. The predicted octanol–water partition coefficient (Wildman–Crippen LogP) is 2.84. The summed E-state index contributed by atoms with van der Waals surface area (Å²) in [6.45, 7) is 1.32. The molecule has 18 heavy (non-hydrogen) atoms. The molecule has 0 radical (unpaired) electrons. The van der Waals surface area contributed by atoms with E-state index in [0.717, 1.165) is 23.0 Å². The Labute approximate surface area is 120 Å². The number of carbonyl (C=O) groups excluding carboxylic acids is 1. The zero-order valence-electron chi connectivity index (χ0n) is 10.6. The maximum Gasteiger partial charge on any atom is 0.226 e. The molecule has 0 saturated heterocycles. The van der Waals surface area contributed by atoms with E-state index in [0.29, 0.717) is 19.0 Å². The Morgan fingerprint density at radius 2 is 2.39 bits per heavy atom. The van der Waals surface area contributed by atoms with Crippen LogP contribution in [-0.2, 0) is 11.3 Å². The van der Waals surface area contributed by atoms with Gasteiger partial charge in [-0.2, -0.15) is 0 Å². The van der Waals surface area contributed by atoms with Crippen LogP contribution in [0, 0.1) is 11.8 Å². The van der Waals surface area contributed by atoms with Gasteiger partial charge in [0, 0.05) is 19.5 Å². The van der Waals surface area contributed by atoms with Crippen molar-refractivity contribution in [2.45, 2.75) is 25.8 Å². The van der Waals surface area contributed by atoms with Crippen LogP contribution in [0.2, 0.25) is 0 Å². The molecule has 2 N–H and O–H groups in total. The van der Waals surface area contributed by atoms with Gasteiger partial charge in [0.2, 0.25) is 5.91 Å². The number of nitrogens with two attached hydrogens (primary N) is 1. The second-order valence-electron chi connectivity index (χ2n) is 4.99. The molecule has 1 aromatic rings. The second-order valence-corrected chi connectivity index (χ2v) is 7.28. The molecule has 2 rings (SSSR count). The van der Waals surface area contributed by atoms with E-state index in [-0.39, 0.29) is 11.8 Å². The highest BCUT2D eigenvalue weighted by Gasteiger charge is 2.33. The molecule has 0 aromatic carbocycles. The summed E-state index contributed by atoms with van der Waals surface area (Å²) in [7, 11) is 1.89. The van der Waals surface area contributed by atoms with E-state index >= 15 is 0 Å². The second kappa shape index (κ2) is 6.17. The monoisotopic (exact) mass is 330 g/mol. The van der Waals surface area contributed by atoms with Gasteiger partial charge < -0.3 is 10.6 Å². The van der Waals surface area contributed by atoms with Crippen molar-refractivity contribution in [3.63, 3.8) is 0 Å². The van der Waals surface area contributed by atoms with Crippen LogP contribution in [0.1, 0.15) is 24.8 Å². The first-order chi connectivity index (χ1) is 8.61. The van der Waals surface area contributed by atoms with Gasteiger partial charge in [-0.05, 0) is 58.2 Å². The van der Waals surface area contributed by atoms with Crippen molar-refractivity contribution >= 4 is 33.2 Å². The summed E-state index contributed by atoms with van der Waals surface area (Å²) in [5, 5.41) is 2.09. The third-order valence-corrected chi connectivity index (χ3v) is 5.25. The molecule has 1 fully saturated rings. The van der Waals surface area contributed by atoms with Crippen molar-refractivity contribution in [3.8, 4) is 0 Å². The Bertz CT molecular complexity index is 421. The molecular weight excluding hydrogens is 312 g/mol. The third kappa shape index (κ3) is 3.13. The number of amides is 1. The summed E-state index contributed by atoms with van der Waals surface area (Å²) in [6, 6.07) is 2.07. The van der Waals surface area contributed by atoms with E-state index in [1.54, 1.807) is 11.3 Å². The minimum atomic E-state index is 0.141. The highest BCUT2D eigenvalue weighted by molar-refractivity contribution is 9.11. The van der Waals surface area contributed by atoms with Crippen molar-refractivity contribution in [2.24, 2.45) is 17.6 Å². The van der Waals surface area contributed by atoms with Gasteiger partial charge in [-0.1, -0.05) is 6.42 Å². The molecule has 0 aliphatic heterocycles. The maximum absolute atomic E-state index is 12.4. The van der Waals surface area contributed by atoms with Crippen LogP contribution in [0.3, 0.4) is 0 Å². The lowest BCUT2D eigenvalue weighted by molar-refractivity contribution is -0.135. The fourth-order valence-corrected chi connectivity index (χ4v) is 3.91. The fourth-order valence-electron chi connectivity index (χ4n) is 2.71. The van der Waals surface area contributed by atoms with E-state index in [1.165, 1.54) is 5.56 Å². The lowest BCUT2D eigenvalue weighted by atomic mass is 9.95. The number of nitrogens with zero attached hydrogens (tertiary/aromatic N) is 1.